The number of halogens is 1. The van der Waals surface area contributed by atoms with Crippen LogP contribution in [0.1, 0.15) is 34.5 Å². The highest BCUT2D eigenvalue weighted by molar-refractivity contribution is 6.00. The van der Waals surface area contributed by atoms with Crippen molar-refractivity contribution in [2.45, 2.75) is 26.3 Å². The summed E-state index contributed by atoms with van der Waals surface area (Å²) in [4.78, 5) is 28.0. The minimum atomic E-state index is -0.336. The molecule has 0 aliphatic carbocycles. The van der Waals surface area contributed by atoms with Gasteiger partial charge in [0.25, 0.3) is 5.91 Å². The molecule has 0 spiro atoms. The van der Waals surface area contributed by atoms with Gasteiger partial charge in [0.15, 0.2) is 0 Å². The van der Waals surface area contributed by atoms with E-state index in [2.05, 4.69) is 5.32 Å². The second-order valence-corrected chi connectivity index (χ2v) is 9.04. The van der Waals surface area contributed by atoms with Crippen LogP contribution in [-0.2, 0) is 11.3 Å². The number of aryl methyl sites for hydroxylation is 1. The Bertz CT molecular complexity index is 1340. The molecule has 8 heteroatoms. The smallest absolute Gasteiger partial charge is 0.257 e. The largest absolute Gasteiger partial charge is 0.467 e. The fourth-order valence-corrected chi connectivity index (χ4v) is 4.43. The highest BCUT2D eigenvalue weighted by atomic mass is 19.1. The highest BCUT2D eigenvalue weighted by Crippen LogP contribution is 2.27. The zero-order chi connectivity index (χ0) is 25.1. The summed E-state index contributed by atoms with van der Waals surface area (Å²) in [7, 11) is 0. The van der Waals surface area contributed by atoms with Gasteiger partial charge in [-0.1, -0.05) is 29.8 Å². The highest BCUT2D eigenvalue weighted by Gasteiger charge is 2.30. The average molecular weight is 487 g/mol. The lowest BCUT2D eigenvalue weighted by Gasteiger charge is -2.31. The van der Waals surface area contributed by atoms with E-state index in [9.17, 15) is 14.0 Å². The number of likely N-dealkylation sites (tertiary alicyclic amines) is 1. The molecular weight excluding hydrogens is 459 g/mol. The number of aromatic nitrogens is 2. The molecule has 1 fully saturated rings. The first kappa shape index (κ1) is 23.5. The molecule has 1 aliphatic rings. The molecule has 0 atom stereocenters. The van der Waals surface area contributed by atoms with E-state index in [1.165, 1.54) is 12.1 Å². The molecule has 1 aliphatic heterocycles. The third-order valence-corrected chi connectivity index (χ3v) is 6.53. The van der Waals surface area contributed by atoms with Gasteiger partial charge in [-0.25, -0.2) is 9.07 Å². The van der Waals surface area contributed by atoms with Crippen molar-refractivity contribution >= 4 is 11.8 Å². The molecule has 0 radical (unpaired) electrons. The van der Waals surface area contributed by atoms with Gasteiger partial charge in [0.1, 0.15) is 17.3 Å². The van der Waals surface area contributed by atoms with Crippen molar-refractivity contribution in [1.29, 1.82) is 0 Å². The topological polar surface area (TPSA) is 80.4 Å². The zero-order valence-electron chi connectivity index (χ0n) is 20.0. The van der Waals surface area contributed by atoms with Crippen LogP contribution in [0.15, 0.2) is 77.5 Å². The zero-order valence-corrected chi connectivity index (χ0v) is 20.0. The molecule has 7 nitrogen and oxygen atoms in total. The second kappa shape index (κ2) is 10.2. The van der Waals surface area contributed by atoms with Gasteiger partial charge in [0.05, 0.1) is 24.1 Å². The molecule has 0 unspecified atom stereocenters. The minimum absolute atomic E-state index is 0.0250. The lowest BCUT2D eigenvalue weighted by Crippen LogP contribution is -2.43. The molecule has 0 saturated carbocycles. The molecule has 3 heterocycles. The third kappa shape index (κ3) is 5.07. The number of benzene rings is 2. The lowest BCUT2D eigenvalue weighted by atomic mass is 9.95. The number of rotatable bonds is 6. The quantitative estimate of drug-likeness (QED) is 0.427. The SMILES string of the molecule is Cc1ccc(-c2nn(-c3ccc(F)cc3)cc2C(=O)N2CCC(C(=O)NCc3ccco3)CC2)cc1. The summed E-state index contributed by atoms with van der Waals surface area (Å²) in [5, 5.41) is 7.61. The van der Waals surface area contributed by atoms with Gasteiger partial charge >= 0.3 is 0 Å². The first-order valence-corrected chi connectivity index (χ1v) is 12.0. The molecule has 1 saturated heterocycles. The van der Waals surface area contributed by atoms with Crippen molar-refractivity contribution in [1.82, 2.24) is 20.0 Å². The number of carbonyl (C=O) groups is 2. The molecule has 2 amide bonds. The van der Waals surface area contributed by atoms with E-state index >= 15 is 0 Å². The van der Waals surface area contributed by atoms with Crippen LogP contribution in [0.3, 0.4) is 0 Å². The summed E-state index contributed by atoms with van der Waals surface area (Å²) in [6.45, 7) is 3.31. The predicted molar refractivity (Wildman–Crippen MR) is 133 cm³/mol. The van der Waals surface area contributed by atoms with E-state index < -0.39 is 0 Å². The first-order chi connectivity index (χ1) is 17.5. The van der Waals surface area contributed by atoms with E-state index in [0.717, 1.165) is 11.1 Å². The van der Waals surface area contributed by atoms with Gasteiger partial charge in [0.2, 0.25) is 5.91 Å². The number of furan rings is 1. The Labute approximate surface area is 208 Å². The Morgan fingerprint density at radius 1 is 1.06 bits per heavy atom. The molecule has 36 heavy (non-hydrogen) atoms. The minimum Gasteiger partial charge on any atom is -0.467 e. The van der Waals surface area contributed by atoms with E-state index in [4.69, 9.17) is 9.52 Å². The monoisotopic (exact) mass is 486 g/mol. The number of nitrogens with zero attached hydrogens (tertiary/aromatic N) is 3. The molecular formula is C28H27FN4O3. The van der Waals surface area contributed by atoms with Crippen molar-refractivity contribution in [3.05, 3.63) is 95.8 Å². The summed E-state index contributed by atoms with van der Waals surface area (Å²) in [5.41, 5.74) is 3.65. The van der Waals surface area contributed by atoms with Crippen molar-refractivity contribution in [3.63, 3.8) is 0 Å². The lowest BCUT2D eigenvalue weighted by molar-refractivity contribution is -0.126. The van der Waals surface area contributed by atoms with Crippen molar-refractivity contribution in [3.8, 4) is 16.9 Å². The maximum atomic E-state index is 13.6. The molecule has 5 rings (SSSR count). The summed E-state index contributed by atoms with van der Waals surface area (Å²) in [6.07, 6.45) is 4.45. The van der Waals surface area contributed by atoms with Crippen LogP contribution in [0.4, 0.5) is 4.39 Å². The Hall–Kier alpha value is -4.20. The van der Waals surface area contributed by atoms with Crippen LogP contribution < -0.4 is 5.32 Å². The summed E-state index contributed by atoms with van der Waals surface area (Å²) >= 11 is 0. The molecule has 4 aromatic rings. The van der Waals surface area contributed by atoms with Crippen LogP contribution >= 0.6 is 0 Å². The maximum Gasteiger partial charge on any atom is 0.257 e. The van der Waals surface area contributed by atoms with Gasteiger partial charge in [0, 0.05) is 30.8 Å². The Kier molecular flexibility index (Phi) is 6.66. The van der Waals surface area contributed by atoms with Gasteiger partial charge < -0.3 is 14.6 Å². The van der Waals surface area contributed by atoms with Gasteiger partial charge in [-0.05, 0) is 56.2 Å². The molecule has 184 valence electrons. The first-order valence-electron chi connectivity index (χ1n) is 12.0. The van der Waals surface area contributed by atoms with Crippen molar-refractivity contribution in [2.24, 2.45) is 5.92 Å². The van der Waals surface area contributed by atoms with Crippen LogP contribution in [0, 0.1) is 18.7 Å². The number of hydrogen-bond acceptors (Lipinski definition) is 4. The number of piperidine rings is 1. The standard InChI is InChI=1S/C28H27FN4O3/c1-19-4-6-20(7-5-19)26-25(18-33(31-26)23-10-8-22(29)9-11-23)28(35)32-14-12-21(13-15-32)27(34)30-17-24-3-2-16-36-24/h2-11,16,18,21H,12-15,17H2,1H3,(H,30,34). The average Bonchev–Trinajstić information content (AvgIpc) is 3.58. The van der Waals surface area contributed by atoms with E-state index in [1.807, 2.05) is 37.3 Å². The summed E-state index contributed by atoms with van der Waals surface area (Å²) in [5.74, 6) is 0.0636. The maximum absolute atomic E-state index is 13.6. The fourth-order valence-electron chi connectivity index (χ4n) is 4.43. The molecule has 1 N–H and O–H groups in total. The Morgan fingerprint density at radius 3 is 2.44 bits per heavy atom. The fraction of sp³-hybridized carbons (Fsp3) is 0.250. The van der Waals surface area contributed by atoms with Crippen LogP contribution in [0.2, 0.25) is 0 Å². The number of hydrogen-bond donors (Lipinski definition) is 1. The van der Waals surface area contributed by atoms with Crippen LogP contribution in [-0.4, -0.2) is 39.6 Å². The second-order valence-electron chi connectivity index (χ2n) is 9.04. The van der Waals surface area contributed by atoms with Crippen molar-refractivity contribution in [2.75, 3.05) is 13.1 Å². The van der Waals surface area contributed by atoms with Crippen LogP contribution in [0.5, 0.6) is 0 Å². The number of nitrogens with one attached hydrogen (secondary N) is 1. The third-order valence-electron chi connectivity index (χ3n) is 6.53. The molecule has 0 bridgehead atoms. The van der Waals surface area contributed by atoms with Crippen molar-refractivity contribution < 1.29 is 18.4 Å². The number of carbonyl (C=O) groups excluding carboxylic acids is 2. The van der Waals surface area contributed by atoms with Gasteiger partial charge in [-0.2, -0.15) is 5.10 Å². The summed E-state index contributed by atoms with van der Waals surface area (Å²) < 4.78 is 20.3. The predicted octanol–water partition coefficient (Wildman–Crippen LogP) is 4.75. The van der Waals surface area contributed by atoms with E-state index in [-0.39, 0.29) is 23.5 Å². The summed E-state index contributed by atoms with van der Waals surface area (Å²) in [6, 6.07) is 17.4. The van der Waals surface area contributed by atoms with Gasteiger partial charge in [-0.15, -0.1) is 0 Å². The number of amides is 2. The van der Waals surface area contributed by atoms with Gasteiger partial charge in [-0.3, -0.25) is 9.59 Å². The van der Waals surface area contributed by atoms with E-state index in [1.54, 1.807) is 40.2 Å². The molecule has 2 aromatic carbocycles. The Balaban J connectivity index is 1.33. The van der Waals surface area contributed by atoms with Crippen LogP contribution in [0.25, 0.3) is 16.9 Å². The molecule has 2 aromatic heterocycles. The van der Waals surface area contributed by atoms with E-state index in [0.29, 0.717) is 55.2 Å². The Morgan fingerprint density at radius 2 is 1.78 bits per heavy atom. The normalized spacial score (nSPS) is 14.1.